The van der Waals surface area contributed by atoms with Crippen LogP contribution in [0.1, 0.15) is 113 Å². The molecule has 0 radical (unpaired) electrons. The van der Waals surface area contributed by atoms with E-state index in [1.165, 1.54) is 12.5 Å². The summed E-state index contributed by atoms with van der Waals surface area (Å²) in [6.07, 6.45) is -9.36. The van der Waals surface area contributed by atoms with Gasteiger partial charge in [0.25, 0.3) is 0 Å². The number of fused-ring (bicyclic) bond motifs is 7. The van der Waals surface area contributed by atoms with Gasteiger partial charge in [0.1, 0.15) is 54.4 Å². The second-order valence-electron chi connectivity index (χ2n) is 23.0. The molecule has 10 N–H and O–H groups in total. The van der Waals surface area contributed by atoms with Crippen LogP contribution in [-0.4, -0.2) is 169 Å². The van der Waals surface area contributed by atoms with Gasteiger partial charge in [0.2, 0.25) is 0 Å². The molecule has 8 rings (SSSR count). The molecule has 3 aliphatic heterocycles. The van der Waals surface area contributed by atoms with Gasteiger partial charge in [0.15, 0.2) is 18.9 Å². The van der Waals surface area contributed by atoms with E-state index in [4.69, 9.17) is 28.4 Å². The Kier molecular flexibility index (Phi) is 13.0. The predicted molar refractivity (Wildman–Crippen MR) is 225 cm³/mol. The van der Waals surface area contributed by atoms with Crippen LogP contribution < -0.4 is 0 Å². The molecule has 17 nitrogen and oxygen atoms in total. The maximum atomic E-state index is 13.2. The van der Waals surface area contributed by atoms with Crippen LogP contribution >= 0.6 is 0 Å². The molecule has 0 amide bonds. The van der Waals surface area contributed by atoms with Gasteiger partial charge in [-0.2, -0.15) is 0 Å². The highest BCUT2D eigenvalue weighted by Gasteiger charge is 2.70. The van der Waals surface area contributed by atoms with Gasteiger partial charge < -0.3 is 79.5 Å². The molecular weight excluding hydrogens is 837 g/mol. The van der Waals surface area contributed by atoms with E-state index in [1.54, 1.807) is 0 Å². The monoisotopic (exact) mass is 913 g/mol. The van der Waals surface area contributed by atoms with Crippen LogP contribution in [0.15, 0.2) is 11.6 Å². The number of allylic oxidation sites excluding steroid dienone is 2. The smallest absolute Gasteiger partial charge is 0.310 e. The maximum Gasteiger partial charge on any atom is 0.310 e. The standard InChI is InChI=1S/C47H76O17/c1-23-30(51)32(53)33(54)37(60-23)64-35-34(63-39-36(55)47(58,21-50)22-59-39)31(52)26(19-48)61-38(35)62-29-11-12-42(4)27(43(29,5)20-49)10-13-45(7)28(42)9-8-24-25-18-41(2,3)14-16-46(25,40(56)57)17-15-44(24,45)6/h8,23,25-39,48-55,58H,9-22H2,1-7H3,(H,56,57)/t23-,25-,26+,27+,28+,29-,30-,31+,32+,33+,34-,35+,36-,37-,38-,39-,42-,43-,44+,45+,46-,47+/m0/s1. The number of rotatable bonds is 10. The molecule has 8 aliphatic rings. The zero-order valence-electron chi connectivity index (χ0n) is 38.5. The number of hydrogen-bond acceptors (Lipinski definition) is 16. The average molecular weight is 913 g/mol. The molecule has 3 saturated heterocycles. The van der Waals surface area contributed by atoms with Crippen LogP contribution in [0, 0.1) is 50.2 Å². The fraction of sp³-hybridized carbons (Fsp3) is 0.936. The minimum atomic E-state index is -2.09. The number of carbonyl (C=O) groups is 1. The van der Waals surface area contributed by atoms with Crippen molar-refractivity contribution in [1.29, 1.82) is 0 Å². The minimum absolute atomic E-state index is 0.0246. The summed E-state index contributed by atoms with van der Waals surface area (Å²) in [6, 6.07) is 0. The van der Waals surface area contributed by atoms with Gasteiger partial charge in [0, 0.05) is 5.41 Å². The highest BCUT2D eigenvalue weighted by molar-refractivity contribution is 5.76. The summed E-state index contributed by atoms with van der Waals surface area (Å²) in [5, 5.41) is 108. The predicted octanol–water partition coefficient (Wildman–Crippen LogP) is 1.35. The summed E-state index contributed by atoms with van der Waals surface area (Å²) >= 11 is 0. The van der Waals surface area contributed by atoms with Crippen molar-refractivity contribution in [1.82, 2.24) is 0 Å². The lowest BCUT2D eigenvalue weighted by molar-refractivity contribution is -0.389. The SMILES string of the molecule is C[C@@H]1O[C@@H](O[C@H]2[C@H](O[C@H]3CC[C@@]4(C)[C@@H](CC[C@]5(C)[C@@H]4CC=C4[C@@H]6CC(C)(C)CC[C@]6(C(=O)O)CC[C@]45C)[C@]3(C)CO)O[C@H](CO)[C@@H](O)[C@@H]2O[C@@H]2OC[C@](O)(CO)[C@H]2O)[C@H](O)[C@H](O)[C@H]1O. The molecule has 0 aromatic heterocycles. The van der Waals surface area contributed by atoms with Crippen LogP contribution in [0.4, 0.5) is 0 Å². The number of carboxylic acids is 1. The van der Waals surface area contributed by atoms with Crippen molar-refractivity contribution in [3.05, 3.63) is 11.6 Å². The lowest BCUT2D eigenvalue weighted by Gasteiger charge is -2.71. The first-order valence-electron chi connectivity index (χ1n) is 23.7. The largest absolute Gasteiger partial charge is 0.481 e. The number of aliphatic hydroxyl groups is 9. The number of hydrogen-bond donors (Lipinski definition) is 10. The maximum absolute atomic E-state index is 13.2. The summed E-state index contributed by atoms with van der Waals surface area (Å²) < 4.78 is 37.0. The Morgan fingerprint density at radius 2 is 1.44 bits per heavy atom. The van der Waals surface area contributed by atoms with Gasteiger partial charge in [-0.25, -0.2) is 0 Å². The summed E-state index contributed by atoms with van der Waals surface area (Å²) in [5.41, 5.74) is -2.97. The Morgan fingerprint density at radius 3 is 2.08 bits per heavy atom. The lowest BCUT2D eigenvalue weighted by atomic mass is 9.33. The highest BCUT2D eigenvalue weighted by atomic mass is 16.8. The van der Waals surface area contributed by atoms with Gasteiger partial charge >= 0.3 is 5.97 Å². The van der Waals surface area contributed by atoms with Gasteiger partial charge in [-0.1, -0.05) is 53.2 Å². The van der Waals surface area contributed by atoms with Crippen molar-refractivity contribution in [2.75, 3.05) is 26.4 Å². The van der Waals surface area contributed by atoms with Crippen molar-refractivity contribution >= 4 is 5.97 Å². The van der Waals surface area contributed by atoms with Crippen LogP contribution in [-0.2, 0) is 33.2 Å². The molecule has 0 bridgehead atoms. The molecule has 0 aromatic carbocycles. The quantitative estimate of drug-likeness (QED) is 0.109. The van der Waals surface area contributed by atoms with Crippen LogP contribution in [0.5, 0.6) is 0 Å². The molecule has 0 aromatic rings. The first-order valence-corrected chi connectivity index (χ1v) is 23.7. The van der Waals surface area contributed by atoms with Crippen molar-refractivity contribution in [2.45, 2.75) is 198 Å². The fourth-order valence-corrected chi connectivity index (χ4v) is 14.8. The molecule has 5 aliphatic carbocycles. The van der Waals surface area contributed by atoms with Gasteiger partial charge in [-0.05, 0) is 111 Å². The lowest BCUT2D eigenvalue weighted by Crippen LogP contribution is -2.68. The van der Waals surface area contributed by atoms with Crippen molar-refractivity contribution in [2.24, 2.45) is 50.2 Å². The van der Waals surface area contributed by atoms with E-state index >= 15 is 0 Å². The van der Waals surface area contributed by atoms with Crippen LogP contribution in [0.25, 0.3) is 0 Å². The minimum Gasteiger partial charge on any atom is -0.481 e. The third kappa shape index (κ3) is 7.31. The molecule has 0 spiro atoms. The van der Waals surface area contributed by atoms with E-state index in [-0.39, 0.29) is 46.0 Å². The molecule has 0 unspecified atom stereocenters. The zero-order chi connectivity index (χ0) is 46.7. The Morgan fingerprint density at radius 1 is 0.750 bits per heavy atom. The average Bonchev–Trinajstić information content (AvgIpc) is 3.53. The zero-order valence-corrected chi connectivity index (χ0v) is 38.5. The number of aliphatic hydroxyl groups excluding tert-OH is 8. The van der Waals surface area contributed by atoms with Crippen molar-refractivity contribution < 1.29 is 84.3 Å². The Labute approximate surface area is 376 Å². The van der Waals surface area contributed by atoms with E-state index < -0.39 is 122 Å². The third-order valence-corrected chi connectivity index (χ3v) is 19.2. The summed E-state index contributed by atoms with van der Waals surface area (Å²) in [7, 11) is 0. The van der Waals surface area contributed by atoms with Crippen molar-refractivity contribution in [3.8, 4) is 0 Å². The van der Waals surface area contributed by atoms with E-state index in [0.29, 0.717) is 25.7 Å². The highest BCUT2D eigenvalue weighted by Crippen LogP contribution is 2.76. The second kappa shape index (κ2) is 16.9. The Balaban J connectivity index is 1.10. The summed E-state index contributed by atoms with van der Waals surface area (Å²) in [6.45, 7) is 12.8. The van der Waals surface area contributed by atoms with Gasteiger partial charge in [-0.3, -0.25) is 4.79 Å². The van der Waals surface area contributed by atoms with Gasteiger partial charge in [-0.15, -0.1) is 0 Å². The second-order valence-corrected chi connectivity index (χ2v) is 23.0. The molecule has 366 valence electrons. The van der Waals surface area contributed by atoms with E-state index in [0.717, 1.165) is 38.5 Å². The summed E-state index contributed by atoms with van der Waals surface area (Å²) in [4.78, 5) is 13.2. The third-order valence-electron chi connectivity index (χ3n) is 19.2. The molecule has 4 saturated carbocycles. The normalized spacial score (nSPS) is 54.8. The molecule has 3 heterocycles. The molecule has 17 heteroatoms. The van der Waals surface area contributed by atoms with E-state index in [2.05, 4.69) is 40.7 Å². The molecule has 22 atom stereocenters. The summed E-state index contributed by atoms with van der Waals surface area (Å²) in [5.74, 6) is -0.534. The van der Waals surface area contributed by atoms with Crippen molar-refractivity contribution in [3.63, 3.8) is 0 Å². The Hall–Kier alpha value is -1.39. The van der Waals surface area contributed by atoms with Gasteiger partial charge in [0.05, 0.1) is 44.1 Å². The fourth-order valence-electron chi connectivity index (χ4n) is 14.8. The first kappa shape index (κ1) is 49.0. The topological polar surface area (TPSA) is 275 Å². The molecule has 64 heavy (non-hydrogen) atoms. The number of carboxylic acid groups (broad SMARTS) is 1. The van der Waals surface area contributed by atoms with E-state index in [9.17, 15) is 55.9 Å². The van der Waals surface area contributed by atoms with Crippen LogP contribution in [0.3, 0.4) is 0 Å². The van der Waals surface area contributed by atoms with Crippen LogP contribution in [0.2, 0.25) is 0 Å². The number of ether oxygens (including phenoxy) is 6. The molecule has 7 fully saturated rings. The Bertz CT molecular complexity index is 1760. The van der Waals surface area contributed by atoms with E-state index in [1.807, 2.05) is 6.92 Å². The first-order chi connectivity index (χ1) is 29.9. The number of aliphatic carboxylic acids is 1. The molecular formula is C47H76O17.